The Labute approximate surface area is 178 Å². The SMILES string of the molecule is CCOc1c(O)ccc2c(O)cc3c(c12)-c1cc(C(F)(F)F)cc(C(F)(F)F)c1C3(C)C. The minimum Gasteiger partial charge on any atom is -0.507 e. The summed E-state index contributed by atoms with van der Waals surface area (Å²) in [4.78, 5) is 0. The van der Waals surface area contributed by atoms with Crippen molar-refractivity contribution in [1.29, 1.82) is 0 Å². The van der Waals surface area contributed by atoms with Gasteiger partial charge in [-0.15, -0.1) is 0 Å². The van der Waals surface area contributed by atoms with Gasteiger partial charge in [0.25, 0.3) is 0 Å². The molecule has 32 heavy (non-hydrogen) atoms. The number of hydrogen-bond acceptors (Lipinski definition) is 3. The summed E-state index contributed by atoms with van der Waals surface area (Å²) < 4.78 is 88.1. The highest BCUT2D eigenvalue weighted by atomic mass is 19.4. The number of fused-ring (bicyclic) bond motifs is 5. The maximum atomic E-state index is 14.0. The number of rotatable bonds is 2. The Morgan fingerprint density at radius 3 is 2.12 bits per heavy atom. The molecule has 0 aromatic heterocycles. The van der Waals surface area contributed by atoms with Gasteiger partial charge in [-0.05, 0) is 59.5 Å². The number of aromatic hydroxyl groups is 2. The third kappa shape index (κ3) is 3.05. The van der Waals surface area contributed by atoms with Crippen LogP contribution < -0.4 is 4.74 Å². The fourth-order valence-electron chi connectivity index (χ4n) is 4.55. The van der Waals surface area contributed by atoms with Gasteiger partial charge in [-0.2, -0.15) is 26.3 Å². The molecule has 0 spiro atoms. The molecule has 0 heterocycles. The molecule has 0 amide bonds. The summed E-state index contributed by atoms with van der Waals surface area (Å²) in [6.07, 6.45) is -10.1. The Bertz CT molecular complexity index is 1260. The molecule has 0 atom stereocenters. The van der Waals surface area contributed by atoms with Gasteiger partial charge in [-0.1, -0.05) is 13.8 Å². The predicted octanol–water partition coefficient (Wildman–Crippen LogP) is 6.99. The Morgan fingerprint density at radius 2 is 1.56 bits per heavy atom. The molecule has 3 aromatic rings. The third-order valence-electron chi connectivity index (χ3n) is 5.84. The van der Waals surface area contributed by atoms with E-state index in [1.807, 2.05) is 0 Å². The van der Waals surface area contributed by atoms with E-state index in [4.69, 9.17) is 4.74 Å². The smallest absolute Gasteiger partial charge is 0.416 e. The minimum absolute atomic E-state index is 0.0566. The summed E-state index contributed by atoms with van der Waals surface area (Å²) in [5.41, 5.74) is -4.54. The lowest BCUT2D eigenvalue weighted by atomic mass is 9.79. The average Bonchev–Trinajstić information content (AvgIpc) is 2.89. The molecular formula is C23H18F6O3. The van der Waals surface area contributed by atoms with Gasteiger partial charge >= 0.3 is 12.4 Å². The van der Waals surface area contributed by atoms with Crippen molar-refractivity contribution in [2.75, 3.05) is 6.61 Å². The van der Waals surface area contributed by atoms with Crippen LogP contribution in [-0.2, 0) is 17.8 Å². The number of phenolic OH excluding ortho intramolecular Hbond substituents is 2. The fourth-order valence-corrected chi connectivity index (χ4v) is 4.55. The highest BCUT2D eigenvalue weighted by Gasteiger charge is 2.48. The second kappa shape index (κ2) is 6.70. The van der Waals surface area contributed by atoms with Crippen LogP contribution in [0.1, 0.15) is 43.0 Å². The Morgan fingerprint density at radius 1 is 0.906 bits per heavy atom. The molecule has 2 N–H and O–H groups in total. The van der Waals surface area contributed by atoms with Gasteiger partial charge < -0.3 is 14.9 Å². The predicted molar refractivity (Wildman–Crippen MR) is 106 cm³/mol. The first-order valence-electron chi connectivity index (χ1n) is 9.67. The highest BCUT2D eigenvalue weighted by molar-refractivity contribution is 6.09. The van der Waals surface area contributed by atoms with Crippen LogP contribution in [0, 0.1) is 0 Å². The first kappa shape index (κ1) is 22.1. The zero-order chi connectivity index (χ0) is 23.8. The largest absolute Gasteiger partial charge is 0.507 e. The number of ether oxygens (including phenoxy) is 1. The van der Waals surface area contributed by atoms with Gasteiger partial charge in [0.1, 0.15) is 5.75 Å². The van der Waals surface area contributed by atoms with Gasteiger partial charge in [-0.25, -0.2) is 0 Å². The molecule has 1 aliphatic carbocycles. The van der Waals surface area contributed by atoms with E-state index in [0.717, 1.165) is 0 Å². The monoisotopic (exact) mass is 456 g/mol. The van der Waals surface area contributed by atoms with E-state index in [2.05, 4.69) is 0 Å². The number of alkyl halides is 6. The summed E-state index contributed by atoms with van der Waals surface area (Å²) in [5.74, 6) is -0.751. The van der Waals surface area contributed by atoms with Gasteiger partial charge in [0.05, 0.1) is 17.7 Å². The summed E-state index contributed by atoms with van der Waals surface area (Å²) in [6, 6.07) is 4.65. The van der Waals surface area contributed by atoms with Gasteiger partial charge in [0.2, 0.25) is 0 Å². The normalized spacial score (nSPS) is 15.0. The van der Waals surface area contributed by atoms with Crippen molar-refractivity contribution >= 4 is 10.8 Å². The summed E-state index contributed by atoms with van der Waals surface area (Å²) in [7, 11) is 0. The number of hydrogen-bond donors (Lipinski definition) is 2. The summed E-state index contributed by atoms with van der Waals surface area (Å²) >= 11 is 0. The molecule has 0 bridgehead atoms. The van der Waals surface area contributed by atoms with Crippen LogP contribution in [0.15, 0.2) is 30.3 Å². The lowest BCUT2D eigenvalue weighted by Crippen LogP contribution is -2.22. The maximum absolute atomic E-state index is 14.0. The van der Waals surface area contributed by atoms with Crippen LogP contribution in [0.2, 0.25) is 0 Å². The van der Waals surface area contributed by atoms with Crippen molar-refractivity contribution in [3.05, 3.63) is 52.6 Å². The number of phenols is 2. The highest BCUT2D eigenvalue weighted by Crippen LogP contribution is 2.59. The number of halogens is 6. The Balaban J connectivity index is 2.27. The topological polar surface area (TPSA) is 49.7 Å². The van der Waals surface area contributed by atoms with Crippen LogP contribution in [0.3, 0.4) is 0 Å². The van der Waals surface area contributed by atoms with E-state index in [0.29, 0.717) is 6.07 Å². The Hall–Kier alpha value is -3.10. The van der Waals surface area contributed by atoms with E-state index >= 15 is 0 Å². The lowest BCUT2D eigenvalue weighted by molar-refractivity contribution is -0.143. The minimum atomic E-state index is -5.05. The molecule has 0 aliphatic heterocycles. The molecule has 0 saturated carbocycles. The molecular weight excluding hydrogens is 438 g/mol. The van der Waals surface area contributed by atoms with Crippen LogP contribution >= 0.6 is 0 Å². The standard InChI is InChI=1S/C23H18F6O3/c1-4-32-20-15(30)6-5-11-16(31)9-13-17(18(11)20)12-7-10(22(24,25)26)8-14(23(27,28)29)19(12)21(13,2)3/h5-9,30-31H,4H2,1-3H3. The molecule has 170 valence electrons. The molecule has 1 aliphatic rings. The molecule has 0 unspecified atom stereocenters. The van der Waals surface area contributed by atoms with Crippen LogP contribution in [0.4, 0.5) is 26.3 Å². The summed E-state index contributed by atoms with van der Waals surface area (Å²) in [6.45, 7) is 4.59. The molecule has 0 saturated heterocycles. The second-order valence-electron chi connectivity index (χ2n) is 8.15. The zero-order valence-corrected chi connectivity index (χ0v) is 17.2. The third-order valence-corrected chi connectivity index (χ3v) is 5.84. The van der Waals surface area contributed by atoms with Crippen molar-refractivity contribution in [2.24, 2.45) is 0 Å². The summed E-state index contributed by atoms with van der Waals surface area (Å²) in [5, 5.41) is 21.1. The van der Waals surface area contributed by atoms with E-state index in [9.17, 15) is 36.6 Å². The molecule has 0 fully saturated rings. The molecule has 0 radical (unpaired) electrons. The average molecular weight is 456 g/mol. The van der Waals surface area contributed by atoms with E-state index in [-0.39, 0.29) is 62.9 Å². The van der Waals surface area contributed by atoms with E-state index < -0.39 is 28.9 Å². The quantitative estimate of drug-likeness (QED) is 0.409. The molecule has 3 nitrogen and oxygen atoms in total. The second-order valence-corrected chi connectivity index (χ2v) is 8.15. The van der Waals surface area contributed by atoms with Crippen LogP contribution in [-0.4, -0.2) is 16.8 Å². The van der Waals surface area contributed by atoms with Gasteiger partial charge in [-0.3, -0.25) is 0 Å². The zero-order valence-electron chi connectivity index (χ0n) is 17.2. The van der Waals surface area contributed by atoms with Crippen molar-refractivity contribution < 1.29 is 41.3 Å². The number of benzene rings is 3. The molecule has 9 heteroatoms. The van der Waals surface area contributed by atoms with Gasteiger partial charge in [0.15, 0.2) is 11.5 Å². The van der Waals surface area contributed by atoms with E-state index in [1.165, 1.54) is 32.0 Å². The van der Waals surface area contributed by atoms with E-state index in [1.54, 1.807) is 6.92 Å². The van der Waals surface area contributed by atoms with Crippen molar-refractivity contribution in [3.63, 3.8) is 0 Å². The van der Waals surface area contributed by atoms with Crippen molar-refractivity contribution in [3.8, 4) is 28.4 Å². The maximum Gasteiger partial charge on any atom is 0.416 e. The van der Waals surface area contributed by atoms with Gasteiger partial charge in [0, 0.05) is 16.2 Å². The first-order chi connectivity index (χ1) is 14.7. The van der Waals surface area contributed by atoms with Crippen molar-refractivity contribution in [1.82, 2.24) is 0 Å². The van der Waals surface area contributed by atoms with Crippen LogP contribution in [0.5, 0.6) is 17.2 Å². The lowest BCUT2D eigenvalue weighted by Gasteiger charge is -2.26. The first-order valence-corrected chi connectivity index (χ1v) is 9.67. The van der Waals surface area contributed by atoms with Crippen LogP contribution in [0.25, 0.3) is 21.9 Å². The van der Waals surface area contributed by atoms with Crippen molar-refractivity contribution in [2.45, 2.75) is 38.5 Å². The molecule has 4 rings (SSSR count). The fraction of sp³-hybridized carbons (Fsp3) is 0.304. The Kier molecular flexibility index (Phi) is 4.63. The molecule has 3 aromatic carbocycles.